The summed E-state index contributed by atoms with van der Waals surface area (Å²) in [6.45, 7) is 12.5. The molecule has 0 aliphatic carbocycles. The van der Waals surface area contributed by atoms with Crippen molar-refractivity contribution in [2.75, 3.05) is 26.2 Å². The first-order chi connectivity index (χ1) is 8.27. The molecule has 0 rings (SSSR count). The third kappa shape index (κ3) is 6.39. The number of carboxylic acids is 1. The molecule has 5 heteroatoms. The number of hydrogen-bond donors (Lipinski definition) is 1. The van der Waals surface area contributed by atoms with Crippen molar-refractivity contribution in [1.29, 1.82) is 0 Å². The van der Waals surface area contributed by atoms with Gasteiger partial charge < -0.3 is 10.0 Å². The lowest BCUT2D eigenvalue weighted by molar-refractivity contribution is -0.140. The van der Waals surface area contributed by atoms with E-state index in [-0.39, 0.29) is 25.0 Å². The third-order valence-electron chi connectivity index (χ3n) is 2.60. The first kappa shape index (κ1) is 16.6. The van der Waals surface area contributed by atoms with Gasteiger partial charge >= 0.3 is 5.97 Å². The zero-order valence-electron chi connectivity index (χ0n) is 11.8. The zero-order valence-corrected chi connectivity index (χ0v) is 11.8. The van der Waals surface area contributed by atoms with Crippen LogP contribution in [0.3, 0.4) is 0 Å². The van der Waals surface area contributed by atoms with E-state index in [2.05, 4.69) is 6.58 Å². The minimum absolute atomic E-state index is 0.0218. The van der Waals surface area contributed by atoms with Crippen LogP contribution in [0.1, 0.15) is 27.7 Å². The van der Waals surface area contributed by atoms with Crippen molar-refractivity contribution in [2.45, 2.75) is 33.7 Å². The second-order valence-electron chi connectivity index (χ2n) is 4.76. The van der Waals surface area contributed by atoms with Gasteiger partial charge in [-0.15, -0.1) is 0 Å². The van der Waals surface area contributed by atoms with Gasteiger partial charge in [-0.3, -0.25) is 14.5 Å². The van der Waals surface area contributed by atoms with Crippen LogP contribution >= 0.6 is 0 Å². The number of hydrogen-bond acceptors (Lipinski definition) is 3. The molecule has 1 N–H and O–H groups in total. The lowest BCUT2D eigenvalue weighted by atomic mass is 10.2. The highest BCUT2D eigenvalue weighted by molar-refractivity contribution is 5.79. The maximum absolute atomic E-state index is 12.1. The van der Waals surface area contributed by atoms with Crippen molar-refractivity contribution >= 4 is 11.9 Å². The first-order valence-corrected chi connectivity index (χ1v) is 6.15. The molecule has 0 aliphatic rings. The van der Waals surface area contributed by atoms with Crippen molar-refractivity contribution in [3.05, 3.63) is 12.2 Å². The molecule has 18 heavy (non-hydrogen) atoms. The average Bonchev–Trinajstić information content (AvgIpc) is 2.23. The number of likely N-dealkylation sites (N-methyl/N-ethyl adjacent to an activating group) is 1. The number of carbonyl (C=O) groups is 2. The highest BCUT2D eigenvalue weighted by atomic mass is 16.4. The number of carboxylic acid groups (broad SMARTS) is 1. The lowest BCUT2D eigenvalue weighted by Crippen LogP contribution is -2.45. The summed E-state index contributed by atoms with van der Waals surface area (Å²) < 4.78 is 0. The molecule has 104 valence electrons. The second-order valence-corrected chi connectivity index (χ2v) is 4.76. The van der Waals surface area contributed by atoms with Gasteiger partial charge in [0.1, 0.15) is 0 Å². The molecule has 0 unspecified atom stereocenters. The van der Waals surface area contributed by atoms with E-state index in [1.54, 1.807) is 9.80 Å². The SMILES string of the molecule is C=C(C)CN(CC)C(=O)CN(CC(=O)O)C(C)C. The Morgan fingerprint density at radius 2 is 1.78 bits per heavy atom. The molecule has 0 fully saturated rings. The monoisotopic (exact) mass is 256 g/mol. The van der Waals surface area contributed by atoms with E-state index in [0.717, 1.165) is 5.57 Å². The van der Waals surface area contributed by atoms with Gasteiger partial charge in [0.15, 0.2) is 0 Å². The van der Waals surface area contributed by atoms with E-state index in [0.29, 0.717) is 13.1 Å². The number of aliphatic carboxylic acids is 1. The summed E-state index contributed by atoms with van der Waals surface area (Å²) in [5, 5.41) is 8.81. The van der Waals surface area contributed by atoms with Gasteiger partial charge in [0.05, 0.1) is 13.1 Å². The normalized spacial score (nSPS) is 10.8. The van der Waals surface area contributed by atoms with Crippen LogP contribution in [0.5, 0.6) is 0 Å². The minimum atomic E-state index is -0.917. The van der Waals surface area contributed by atoms with Crippen molar-refractivity contribution in [3.63, 3.8) is 0 Å². The summed E-state index contributed by atoms with van der Waals surface area (Å²) in [5.41, 5.74) is 0.916. The molecule has 0 saturated carbocycles. The van der Waals surface area contributed by atoms with Crippen molar-refractivity contribution in [1.82, 2.24) is 9.80 Å². The van der Waals surface area contributed by atoms with Gasteiger partial charge in [0, 0.05) is 19.1 Å². The zero-order chi connectivity index (χ0) is 14.3. The number of rotatable bonds is 8. The standard InChI is InChI=1S/C13H24N2O3/c1-6-14(7-10(2)3)12(16)8-15(11(4)5)9-13(17)18/h11H,2,6-9H2,1,3-5H3,(H,17,18). The summed E-state index contributed by atoms with van der Waals surface area (Å²) in [4.78, 5) is 26.1. The molecule has 0 spiro atoms. The van der Waals surface area contributed by atoms with Gasteiger partial charge in [-0.2, -0.15) is 0 Å². The molecule has 0 aromatic carbocycles. The topological polar surface area (TPSA) is 60.9 Å². The summed E-state index contributed by atoms with van der Waals surface area (Å²) in [5.74, 6) is -0.977. The molecular formula is C13H24N2O3. The average molecular weight is 256 g/mol. The summed E-state index contributed by atoms with van der Waals surface area (Å²) in [6, 6.07) is 0.0218. The number of nitrogens with zero attached hydrogens (tertiary/aromatic N) is 2. The summed E-state index contributed by atoms with van der Waals surface area (Å²) in [7, 11) is 0. The molecule has 0 heterocycles. The largest absolute Gasteiger partial charge is 0.480 e. The summed E-state index contributed by atoms with van der Waals surface area (Å²) >= 11 is 0. The minimum Gasteiger partial charge on any atom is -0.480 e. The van der Waals surface area contributed by atoms with Gasteiger partial charge in [0.2, 0.25) is 5.91 Å². The fraction of sp³-hybridized carbons (Fsp3) is 0.692. The van der Waals surface area contributed by atoms with Crippen LogP contribution in [0.2, 0.25) is 0 Å². The Hall–Kier alpha value is -1.36. The molecule has 0 aromatic heterocycles. The van der Waals surface area contributed by atoms with Crippen molar-refractivity contribution in [3.8, 4) is 0 Å². The predicted molar refractivity (Wildman–Crippen MR) is 71.4 cm³/mol. The summed E-state index contributed by atoms with van der Waals surface area (Å²) in [6.07, 6.45) is 0. The van der Waals surface area contributed by atoms with Crippen LogP contribution < -0.4 is 0 Å². The van der Waals surface area contributed by atoms with Gasteiger partial charge in [0.25, 0.3) is 0 Å². The molecule has 1 amide bonds. The Balaban J connectivity index is 4.55. The molecule has 0 bridgehead atoms. The Morgan fingerprint density at radius 3 is 2.11 bits per heavy atom. The molecule has 0 radical (unpaired) electrons. The van der Waals surface area contributed by atoms with E-state index >= 15 is 0 Å². The first-order valence-electron chi connectivity index (χ1n) is 6.15. The fourth-order valence-corrected chi connectivity index (χ4v) is 1.57. The molecule has 0 aromatic rings. The van der Waals surface area contributed by atoms with Crippen LogP contribution in [-0.2, 0) is 9.59 Å². The lowest BCUT2D eigenvalue weighted by Gasteiger charge is -2.28. The van der Waals surface area contributed by atoms with Gasteiger partial charge in [-0.25, -0.2) is 0 Å². The van der Waals surface area contributed by atoms with E-state index in [4.69, 9.17) is 5.11 Å². The van der Waals surface area contributed by atoms with E-state index in [1.807, 2.05) is 27.7 Å². The Labute approximate surface area is 109 Å². The van der Waals surface area contributed by atoms with Crippen LogP contribution in [0.4, 0.5) is 0 Å². The molecular weight excluding hydrogens is 232 g/mol. The van der Waals surface area contributed by atoms with Gasteiger partial charge in [-0.05, 0) is 27.7 Å². The maximum atomic E-state index is 12.1. The van der Waals surface area contributed by atoms with Crippen LogP contribution in [0, 0.1) is 0 Å². The fourth-order valence-electron chi connectivity index (χ4n) is 1.57. The second kappa shape index (κ2) is 7.87. The molecule has 0 atom stereocenters. The highest BCUT2D eigenvalue weighted by Crippen LogP contribution is 2.02. The molecule has 0 aliphatic heterocycles. The van der Waals surface area contributed by atoms with Gasteiger partial charge in [-0.1, -0.05) is 12.2 Å². The highest BCUT2D eigenvalue weighted by Gasteiger charge is 2.20. The maximum Gasteiger partial charge on any atom is 0.317 e. The van der Waals surface area contributed by atoms with Crippen LogP contribution in [0.25, 0.3) is 0 Å². The quantitative estimate of drug-likeness (QED) is 0.663. The van der Waals surface area contributed by atoms with Crippen LogP contribution in [0.15, 0.2) is 12.2 Å². The number of carbonyl (C=O) groups excluding carboxylic acids is 1. The predicted octanol–water partition coefficient (Wildman–Crippen LogP) is 1.21. The Kier molecular flexibility index (Phi) is 7.27. The molecule has 0 saturated heterocycles. The smallest absolute Gasteiger partial charge is 0.317 e. The van der Waals surface area contributed by atoms with Crippen LogP contribution in [-0.4, -0.2) is 59.0 Å². The molecule has 5 nitrogen and oxygen atoms in total. The van der Waals surface area contributed by atoms with Crippen molar-refractivity contribution in [2.24, 2.45) is 0 Å². The number of amides is 1. The Bertz CT molecular complexity index is 313. The Morgan fingerprint density at radius 1 is 1.22 bits per heavy atom. The van der Waals surface area contributed by atoms with E-state index in [9.17, 15) is 9.59 Å². The third-order valence-corrected chi connectivity index (χ3v) is 2.60. The van der Waals surface area contributed by atoms with E-state index in [1.165, 1.54) is 0 Å². The van der Waals surface area contributed by atoms with Crippen molar-refractivity contribution < 1.29 is 14.7 Å². The van der Waals surface area contributed by atoms with E-state index < -0.39 is 5.97 Å².